The highest BCUT2D eigenvalue weighted by molar-refractivity contribution is 6.43. The van der Waals surface area contributed by atoms with Crippen LogP contribution in [0, 0.1) is 6.92 Å². The number of hydrazone groups is 1. The molecular formula is C13H15N3O3. The molecule has 100 valence electrons. The lowest BCUT2D eigenvalue weighted by atomic mass is 10.1. The van der Waals surface area contributed by atoms with Crippen LogP contribution in [0.15, 0.2) is 23.3 Å². The summed E-state index contributed by atoms with van der Waals surface area (Å²) in [6.07, 6.45) is 0.574. The predicted octanol–water partition coefficient (Wildman–Crippen LogP) is 1.25. The largest absolute Gasteiger partial charge is 0.506 e. The summed E-state index contributed by atoms with van der Waals surface area (Å²) >= 11 is 0. The van der Waals surface area contributed by atoms with Gasteiger partial charge in [-0.05, 0) is 24.6 Å². The zero-order valence-electron chi connectivity index (χ0n) is 10.8. The molecule has 6 heteroatoms. The first-order chi connectivity index (χ1) is 8.97. The van der Waals surface area contributed by atoms with Crippen molar-refractivity contribution in [3.63, 3.8) is 0 Å². The number of carbonyl (C=O) groups excluding carboxylic acids is 2. The molecule has 2 rings (SSSR count). The van der Waals surface area contributed by atoms with Crippen molar-refractivity contribution in [3.05, 3.63) is 23.8 Å². The molecule has 0 atom stereocenters. The Morgan fingerprint density at radius 3 is 2.79 bits per heavy atom. The van der Waals surface area contributed by atoms with E-state index in [1.807, 2.05) is 6.92 Å². The van der Waals surface area contributed by atoms with Crippen molar-refractivity contribution in [3.8, 4) is 5.75 Å². The van der Waals surface area contributed by atoms with E-state index >= 15 is 0 Å². The molecule has 0 radical (unpaired) electrons. The van der Waals surface area contributed by atoms with Gasteiger partial charge in [0.1, 0.15) is 11.5 Å². The summed E-state index contributed by atoms with van der Waals surface area (Å²) in [6.45, 7) is 1.84. The summed E-state index contributed by atoms with van der Waals surface area (Å²) in [5.74, 6) is -0.512. The van der Waals surface area contributed by atoms with Crippen molar-refractivity contribution in [2.24, 2.45) is 5.10 Å². The minimum atomic E-state index is -0.404. The summed E-state index contributed by atoms with van der Waals surface area (Å²) < 4.78 is 0. The lowest BCUT2D eigenvalue weighted by Gasteiger charge is -2.19. The summed E-state index contributed by atoms with van der Waals surface area (Å²) in [4.78, 5) is 23.2. The van der Waals surface area contributed by atoms with E-state index in [0.717, 1.165) is 10.6 Å². The summed E-state index contributed by atoms with van der Waals surface area (Å²) in [7, 11) is 1.51. The minimum absolute atomic E-state index is 0.00851. The van der Waals surface area contributed by atoms with Crippen molar-refractivity contribution in [2.75, 3.05) is 12.4 Å². The van der Waals surface area contributed by atoms with Crippen LogP contribution in [0.1, 0.15) is 18.4 Å². The van der Waals surface area contributed by atoms with E-state index in [4.69, 9.17) is 0 Å². The monoisotopic (exact) mass is 261 g/mol. The van der Waals surface area contributed by atoms with Gasteiger partial charge >= 0.3 is 0 Å². The first-order valence-electron chi connectivity index (χ1n) is 5.92. The number of hydrogen-bond donors (Lipinski definition) is 2. The molecule has 19 heavy (non-hydrogen) atoms. The van der Waals surface area contributed by atoms with Gasteiger partial charge < -0.3 is 10.4 Å². The third-order valence-corrected chi connectivity index (χ3v) is 2.87. The van der Waals surface area contributed by atoms with Gasteiger partial charge in [-0.3, -0.25) is 9.59 Å². The molecule has 0 fully saturated rings. The molecule has 0 bridgehead atoms. The van der Waals surface area contributed by atoms with Crippen LogP contribution in [0.3, 0.4) is 0 Å². The van der Waals surface area contributed by atoms with Gasteiger partial charge in [0.05, 0.1) is 5.69 Å². The number of rotatable bonds is 2. The number of nitrogens with one attached hydrogen (secondary N) is 1. The molecular weight excluding hydrogens is 246 g/mol. The van der Waals surface area contributed by atoms with Gasteiger partial charge in [-0.1, -0.05) is 6.07 Å². The third kappa shape index (κ3) is 2.90. The SMILES string of the molecule is Cc1ccc(NC(=O)C2=NN(C)C(=O)CC2)c(O)c1. The third-order valence-electron chi connectivity index (χ3n) is 2.87. The predicted molar refractivity (Wildman–Crippen MR) is 70.9 cm³/mol. The van der Waals surface area contributed by atoms with E-state index in [9.17, 15) is 14.7 Å². The van der Waals surface area contributed by atoms with Crippen LogP contribution in [0.2, 0.25) is 0 Å². The van der Waals surface area contributed by atoms with Gasteiger partial charge in [-0.15, -0.1) is 0 Å². The number of benzene rings is 1. The Bertz CT molecular complexity index is 566. The lowest BCUT2D eigenvalue weighted by molar-refractivity contribution is -0.130. The molecule has 0 unspecified atom stereocenters. The van der Waals surface area contributed by atoms with E-state index in [-0.39, 0.29) is 23.8 Å². The summed E-state index contributed by atoms with van der Waals surface area (Å²) in [6, 6.07) is 4.97. The fourth-order valence-electron chi connectivity index (χ4n) is 1.77. The number of amides is 2. The van der Waals surface area contributed by atoms with Crippen LogP contribution >= 0.6 is 0 Å². The summed E-state index contributed by atoms with van der Waals surface area (Å²) in [5, 5.41) is 17.4. The average molecular weight is 261 g/mol. The summed E-state index contributed by atoms with van der Waals surface area (Å²) in [5.41, 5.74) is 1.51. The van der Waals surface area contributed by atoms with Crippen molar-refractivity contribution >= 4 is 23.2 Å². The molecule has 1 aliphatic rings. The van der Waals surface area contributed by atoms with E-state index in [1.165, 1.54) is 7.05 Å². The van der Waals surface area contributed by atoms with Crippen LogP contribution in [0.5, 0.6) is 5.75 Å². The molecule has 6 nitrogen and oxygen atoms in total. The first kappa shape index (κ1) is 13.1. The molecule has 2 N–H and O–H groups in total. The number of phenols is 1. The van der Waals surface area contributed by atoms with Crippen LogP contribution in [-0.4, -0.2) is 34.7 Å². The Balaban J connectivity index is 2.13. The van der Waals surface area contributed by atoms with E-state index in [1.54, 1.807) is 18.2 Å². The van der Waals surface area contributed by atoms with Gasteiger partial charge in [-0.25, -0.2) is 5.01 Å². The smallest absolute Gasteiger partial charge is 0.271 e. The number of anilines is 1. The number of carbonyl (C=O) groups is 2. The van der Waals surface area contributed by atoms with E-state index in [2.05, 4.69) is 10.4 Å². The number of aromatic hydroxyl groups is 1. The number of nitrogens with zero attached hydrogens (tertiary/aromatic N) is 2. The highest BCUT2D eigenvalue weighted by Gasteiger charge is 2.22. The van der Waals surface area contributed by atoms with Crippen LogP contribution < -0.4 is 5.32 Å². The Labute approximate surface area is 110 Å². The molecule has 1 heterocycles. The maximum Gasteiger partial charge on any atom is 0.271 e. The Hall–Kier alpha value is -2.37. The van der Waals surface area contributed by atoms with Crippen molar-refractivity contribution in [1.29, 1.82) is 0 Å². The van der Waals surface area contributed by atoms with Gasteiger partial charge in [0.25, 0.3) is 5.91 Å². The fraction of sp³-hybridized carbons (Fsp3) is 0.308. The quantitative estimate of drug-likeness (QED) is 0.786. The van der Waals surface area contributed by atoms with Gasteiger partial charge in [0, 0.05) is 19.9 Å². The number of phenolic OH excluding ortho intramolecular Hbond substituents is 1. The second-order valence-corrected chi connectivity index (χ2v) is 4.44. The van der Waals surface area contributed by atoms with E-state index in [0.29, 0.717) is 12.1 Å². The molecule has 1 aromatic rings. The topological polar surface area (TPSA) is 82.0 Å². The molecule has 2 amide bonds. The van der Waals surface area contributed by atoms with Gasteiger partial charge in [-0.2, -0.15) is 5.10 Å². The fourth-order valence-corrected chi connectivity index (χ4v) is 1.77. The standard InChI is InChI=1S/C13H15N3O3/c1-8-3-4-9(11(17)7-8)14-13(19)10-5-6-12(18)16(2)15-10/h3-4,7,17H,5-6H2,1-2H3,(H,14,19). The molecule has 0 spiro atoms. The van der Waals surface area contributed by atoms with Crippen LogP contribution in [0.4, 0.5) is 5.69 Å². The number of aryl methyl sites for hydroxylation is 1. The van der Waals surface area contributed by atoms with Crippen LogP contribution in [0.25, 0.3) is 0 Å². The molecule has 1 aliphatic heterocycles. The average Bonchev–Trinajstić information content (AvgIpc) is 2.36. The highest BCUT2D eigenvalue weighted by atomic mass is 16.3. The molecule has 0 aliphatic carbocycles. The lowest BCUT2D eigenvalue weighted by Crippen LogP contribution is -2.34. The van der Waals surface area contributed by atoms with Crippen molar-refractivity contribution < 1.29 is 14.7 Å². The molecule has 0 saturated heterocycles. The Morgan fingerprint density at radius 1 is 1.42 bits per heavy atom. The molecule has 0 saturated carbocycles. The number of hydrogen-bond acceptors (Lipinski definition) is 4. The zero-order chi connectivity index (χ0) is 14.0. The molecule has 0 aromatic heterocycles. The Morgan fingerprint density at radius 2 is 2.16 bits per heavy atom. The zero-order valence-corrected chi connectivity index (χ0v) is 10.8. The molecule has 1 aromatic carbocycles. The Kier molecular flexibility index (Phi) is 3.50. The normalized spacial score (nSPS) is 15.2. The van der Waals surface area contributed by atoms with Gasteiger partial charge in [0.2, 0.25) is 5.91 Å². The second kappa shape index (κ2) is 5.09. The van der Waals surface area contributed by atoms with Gasteiger partial charge in [0.15, 0.2) is 0 Å². The maximum absolute atomic E-state index is 12.0. The second-order valence-electron chi connectivity index (χ2n) is 4.44. The van der Waals surface area contributed by atoms with Crippen molar-refractivity contribution in [1.82, 2.24) is 5.01 Å². The minimum Gasteiger partial charge on any atom is -0.506 e. The maximum atomic E-state index is 12.0. The highest BCUT2D eigenvalue weighted by Crippen LogP contribution is 2.24. The van der Waals surface area contributed by atoms with Crippen molar-refractivity contribution in [2.45, 2.75) is 19.8 Å². The van der Waals surface area contributed by atoms with Crippen LogP contribution in [-0.2, 0) is 9.59 Å². The van der Waals surface area contributed by atoms with E-state index < -0.39 is 5.91 Å². The first-order valence-corrected chi connectivity index (χ1v) is 5.92.